The van der Waals surface area contributed by atoms with E-state index in [1.54, 1.807) is 0 Å². The molecule has 3 rings (SSSR count). The molecule has 2 aromatic carbocycles. The Balaban J connectivity index is 0.000000438. The molecule has 156 valence electrons. The molecule has 1 saturated heterocycles. The second-order valence-electron chi connectivity index (χ2n) is 7.30. The summed E-state index contributed by atoms with van der Waals surface area (Å²) in [5, 5.41) is 14.8. The summed E-state index contributed by atoms with van der Waals surface area (Å²) in [5.41, 5.74) is 4.25. The standard InChI is InChI=1S/C21H28N2.C2H2O4/c1-19-9-11-21(12-10-19)18-23-16-14-22(15-17-23)13-5-8-20-6-3-2-4-7-20;3-1(4)2(5)6/h2-4,6-7,9-12H,5,8,13-18H2,1H3;(H,3,4)(H,5,6). The van der Waals surface area contributed by atoms with Crippen LogP contribution in [0.1, 0.15) is 23.1 Å². The van der Waals surface area contributed by atoms with Gasteiger partial charge in [-0.3, -0.25) is 4.90 Å². The van der Waals surface area contributed by atoms with Crippen LogP contribution in [0.2, 0.25) is 0 Å². The number of aliphatic carboxylic acids is 2. The van der Waals surface area contributed by atoms with Crippen molar-refractivity contribution in [2.75, 3.05) is 32.7 Å². The smallest absolute Gasteiger partial charge is 0.414 e. The van der Waals surface area contributed by atoms with Gasteiger partial charge in [-0.05, 0) is 37.4 Å². The first-order chi connectivity index (χ1) is 13.9. The van der Waals surface area contributed by atoms with Crippen molar-refractivity contribution in [1.82, 2.24) is 9.80 Å². The molecule has 0 radical (unpaired) electrons. The summed E-state index contributed by atoms with van der Waals surface area (Å²) in [6.07, 6.45) is 2.46. The molecule has 0 saturated carbocycles. The summed E-state index contributed by atoms with van der Waals surface area (Å²) in [5.74, 6) is -3.65. The summed E-state index contributed by atoms with van der Waals surface area (Å²) >= 11 is 0. The lowest BCUT2D eigenvalue weighted by atomic mass is 10.1. The number of aryl methyl sites for hydroxylation is 2. The summed E-state index contributed by atoms with van der Waals surface area (Å²) in [6, 6.07) is 19.8. The number of carboxylic acid groups (broad SMARTS) is 2. The molecule has 0 aromatic heterocycles. The maximum absolute atomic E-state index is 9.10. The maximum Gasteiger partial charge on any atom is 0.414 e. The van der Waals surface area contributed by atoms with Gasteiger partial charge in [-0.25, -0.2) is 9.59 Å². The molecule has 0 atom stereocenters. The predicted octanol–water partition coefficient (Wildman–Crippen LogP) is 2.90. The average Bonchev–Trinajstić information content (AvgIpc) is 2.72. The first-order valence-electron chi connectivity index (χ1n) is 9.94. The normalized spacial score (nSPS) is 14.7. The van der Waals surface area contributed by atoms with Crippen molar-refractivity contribution in [2.45, 2.75) is 26.3 Å². The molecule has 0 aliphatic carbocycles. The van der Waals surface area contributed by atoms with Gasteiger partial charge in [0.25, 0.3) is 0 Å². The number of hydrogen-bond acceptors (Lipinski definition) is 4. The van der Waals surface area contributed by atoms with E-state index >= 15 is 0 Å². The van der Waals surface area contributed by atoms with E-state index in [0.29, 0.717) is 0 Å². The highest BCUT2D eigenvalue weighted by atomic mass is 16.4. The number of nitrogens with zero attached hydrogens (tertiary/aromatic N) is 2. The Morgan fingerprint density at radius 3 is 1.90 bits per heavy atom. The number of piperazine rings is 1. The lowest BCUT2D eigenvalue weighted by Crippen LogP contribution is -2.46. The summed E-state index contributed by atoms with van der Waals surface area (Å²) in [7, 11) is 0. The average molecular weight is 399 g/mol. The fraction of sp³-hybridized carbons (Fsp3) is 0.391. The third-order valence-electron chi connectivity index (χ3n) is 4.96. The van der Waals surface area contributed by atoms with Gasteiger partial charge in [-0.1, -0.05) is 60.2 Å². The molecule has 0 amide bonds. The topological polar surface area (TPSA) is 81.1 Å². The van der Waals surface area contributed by atoms with Gasteiger partial charge in [-0.15, -0.1) is 0 Å². The molecule has 0 spiro atoms. The van der Waals surface area contributed by atoms with Crippen LogP contribution in [0.15, 0.2) is 54.6 Å². The summed E-state index contributed by atoms with van der Waals surface area (Å²) in [4.78, 5) is 23.4. The largest absolute Gasteiger partial charge is 0.473 e. The minimum absolute atomic E-state index is 1.10. The minimum atomic E-state index is -1.82. The van der Waals surface area contributed by atoms with Crippen LogP contribution in [0.25, 0.3) is 0 Å². The van der Waals surface area contributed by atoms with Crippen molar-refractivity contribution in [1.29, 1.82) is 0 Å². The van der Waals surface area contributed by atoms with Crippen LogP contribution in [0, 0.1) is 6.92 Å². The SMILES string of the molecule is Cc1ccc(CN2CCN(CCCc3ccccc3)CC2)cc1.O=C(O)C(=O)O. The second kappa shape index (κ2) is 12.0. The van der Waals surface area contributed by atoms with Gasteiger partial charge in [0.2, 0.25) is 0 Å². The first kappa shape index (κ1) is 22.6. The van der Waals surface area contributed by atoms with E-state index in [4.69, 9.17) is 19.8 Å². The third-order valence-corrected chi connectivity index (χ3v) is 4.96. The van der Waals surface area contributed by atoms with Crippen molar-refractivity contribution >= 4 is 11.9 Å². The first-order valence-corrected chi connectivity index (χ1v) is 9.94. The zero-order valence-electron chi connectivity index (χ0n) is 17.0. The molecule has 0 bridgehead atoms. The van der Waals surface area contributed by atoms with Crippen molar-refractivity contribution < 1.29 is 19.8 Å². The molecule has 1 aliphatic rings. The second-order valence-corrected chi connectivity index (χ2v) is 7.30. The Morgan fingerprint density at radius 2 is 1.34 bits per heavy atom. The molecule has 1 fully saturated rings. The lowest BCUT2D eigenvalue weighted by molar-refractivity contribution is -0.159. The number of carboxylic acids is 2. The fourth-order valence-electron chi connectivity index (χ4n) is 3.27. The van der Waals surface area contributed by atoms with E-state index in [1.807, 2.05) is 0 Å². The van der Waals surface area contributed by atoms with Gasteiger partial charge in [0.1, 0.15) is 0 Å². The van der Waals surface area contributed by atoms with E-state index in [9.17, 15) is 0 Å². The highest BCUT2D eigenvalue weighted by Gasteiger charge is 2.16. The van der Waals surface area contributed by atoms with Gasteiger partial charge in [-0.2, -0.15) is 0 Å². The van der Waals surface area contributed by atoms with Crippen molar-refractivity contribution in [3.05, 3.63) is 71.3 Å². The number of benzene rings is 2. The van der Waals surface area contributed by atoms with Gasteiger partial charge < -0.3 is 15.1 Å². The maximum atomic E-state index is 9.10. The number of carbonyl (C=O) groups is 2. The van der Waals surface area contributed by atoms with E-state index < -0.39 is 11.9 Å². The van der Waals surface area contributed by atoms with Gasteiger partial charge >= 0.3 is 11.9 Å². The van der Waals surface area contributed by atoms with Gasteiger partial charge in [0, 0.05) is 32.7 Å². The van der Waals surface area contributed by atoms with Crippen LogP contribution in [-0.2, 0) is 22.6 Å². The zero-order chi connectivity index (χ0) is 21.1. The van der Waals surface area contributed by atoms with E-state index in [2.05, 4.69) is 71.3 Å². The van der Waals surface area contributed by atoms with Crippen LogP contribution in [0.4, 0.5) is 0 Å². The Bertz CT molecular complexity index is 742. The quantitative estimate of drug-likeness (QED) is 0.729. The summed E-state index contributed by atoms with van der Waals surface area (Å²) in [6.45, 7) is 9.28. The van der Waals surface area contributed by atoms with Crippen LogP contribution in [-0.4, -0.2) is 64.7 Å². The minimum Gasteiger partial charge on any atom is -0.473 e. The molecular weight excluding hydrogens is 368 g/mol. The van der Waals surface area contributed by atoms with Crippen molar-refractivity contribution in [2.24, 2.45) is 0 Å². The Hall–Kier alpha value is -2.70. The number of rotatable bonds is 6. The van der Waals surface area contributed by atoms with Gasteiger partial charge in [0.05, 0.1) is 0 Å². The fourth-order valence-corrected chi connectivity index (χ4v) is 3.27. The molecule has 6 heteroatoms. The van der Waals surface area contributed by atoms with Crippen LogP contribution in [0.5, 0.6) is 0 Å². The molecule has 2 aromatic rings. The zero-order valence-corrected chi connectivity index (χ0v) is 17.0. The Morgan fingerprint density at radius 1 is 0.793 bits per heavy atom. The monoisotopic (exact) mass is 398 g/mol. The van der Waals surface area contributed by atoms with E-state index in [1.165, 1.54) is 62.3 Å². The molecule has 1 heterocycles. The molecule has 1 aliphatic heterocycles. The highest BCUT2D eigenvalue weighted by Crippen LogP contribution is 2.11. The van der Waals surface area contributed by atoms with Crippen LogP contribution < -0.4 is 0 Å². The summed E-state index contributed by atoms with van der Waals surface area (Å²) < 4.78 is 0. The van der Waals surface area contributed by atoms with Crippen LogP contribution in [0.3, 0.4) is 0 Å². The van der Waals surface area contributed by atoms with E-state index in [-0.39, 0.29) is 0 Å². The lowest BCUT2D eigenvalue weighted by Gasteiger charge is -2.34. The molecule has 2 N–H and O–H groups in total. The van der Waals surface area contributed by atoms with Crippen molar-refractivity contribution in [3.8, 4) is 0 Å². The molecule has 29 heavy (non-hydrogen) atoms. The number of hydrogen-bond donors (Lipinski definition) is 2. The molecule has 6 nitrogen and oxygen atoms in total. The van der Waals surface area contributed by atoms with Crippen LogP contribution >= 0.6 is 0 Å². The third kappa shape index (κ3) is 8.89. The van der Waals surface area contributed by atoms with Gasteiger partial charge in [0.15, 0.2) is 0 Å². The Labute approximate surface area is 172 Å². The molecular formula is C23H30N2O4. The molecule has 0 unspecified atom stereocenters. The van der Waals surface area contributed by atoms with Crippen molar-refractivity contribution in [3.63, 3.8) is 0 Å². The Kier molecular flexibility index (Phi) is 9.34. The predicted molar refractivity (Wildman–Crippen MR) is 113 cm³/mol. The highest BCUT2D eigenvalue weighted by molar-refractivity contribution is 6.27. The van der Waals surface area contributed by atoms with E-state index in [0.717, 1.165) is 6.54 Å².